The molecule has 19 heavy (non-hydrogen) atoms. The zero-order valence-electron chi connectivity index (χ0n) is 12.8. The molecule has 0 saturated heterocycles. The molecule has 1 aromatic carbocycles. The molecule has 108 valence electrons. The fourth-order valence-corrected chi connectivity index (χ4v) is 2.19. The Kier molecular flexibility index (Phi) is 5.84. The highest BCUT2D eigenvalue weighted by molar-refractivity contribution is 6.30. The van der Waals surface area contributed by atoms with Gasteiger partial charge >= 0.3 is 0 Å². The van der Waals surface area contributed by atoms with Crippen molar-refractivity contribution in [1.29, 1.82) is 0 Å². The van der Waals surface area contributed by atoms with Gasteiger partial charge in [-0.3, -0.25) is 4.90 Å². The lowest BCUT2D eigenvalue weighted by molar-refractivity contribution is 0.220. The molecule has 0 heterocycles. The zero-order valence-corrected chi connectivity index (χ0v) is 13.5. The molecule has 2 N–H and O–H groups in total. The van der Waals surface area contributed by atoms with Crippen molar-refractivity contribution in [2.24, 2.45) is 11.1 Å². The summed E-state index contributed by atoms with van der Waals surface area (Å²) in [5.41, 5.74) is 7.63. The van der Waals surface area contributed by atoms with E-state index in [4.69, 9.17) is 17.3 Å². The van der Waals surface area contributed by atoms with Gasteiger partial charge in [-0.25, -0.2) is 0 Å². The topological polar surface area (TPSA) is 29.3 Å². The standard InChI is InChI=1S/C16H27ClN2/c1-12(13-7-6-8-14(17)11-13)19(5)10-9-15(18)16(2,3)4/h6-8,11-12,15H,9-10,18H2,1-5H3. The predicted molar refractivity (Wildman–Crippen MR) is 84.5 cm³/mol. The maximum absolute atomic E-state index is 6.21. The molecule has 0 spiro atoms. The SMILES string of the molecule is CC(c1cccc(Cl)c1)N(C)CCC(N)C(C)(C)C. The van der Waals surface area contributed by atoms with Crippen molar-refractivity contribution >= 4 is 11.6 Å². The highest BCUT2D eigenvalue weighted by Crippen LogP contribution is 2.24. The van der Waals surface area contributed by atoms with Crippen molar-refractivity contribution in [1.82, 2.24) is 4.90 Å². The average molecular weight is 283 g/mol. The summed E-state index contributed by atoms with van der Waals surface area (Å²) < 4.78 is 0. The largest absolute Gasteiger partial charge is 0.327 e. The highest BCUT2D eigenvalue weighted by atomic mass is 35.5. The summed E-state index contributed by atoms with van der Waals surface area (Å²) in [6.45, 7) is 9.77. The van der Waals surface area contributed by atoms with Gasteiger partial charge in [-0.1, -0.05) is 44.5 Å². The van der Waals surface area contributed by atoms with E-state index in [9.17, 15) is 0 Å². The average Bonchev–Trinajstić information content (AvgIpc) is 2.33. The van der Waals surface area contributed by atoms with Crippen LogP contribution in [-0.4, -0.2) is 24.5 Å². The monoisotopic (exact) mass is 282 g/mol. The summed E-state index contributed by atoms with van der Waals surface area (Å²) in [6.07, 6.45) is 1.00. The van der Waals surface area contributed by atoms with Crippen LogP contribution in [0.25, 0.3) is 0 Å². The Labute approximate surface area is 122 Å². The number of nitrogens with zero attached hydrogens (tertiary/aromatic N) is 1. The zero-order chi connectivity index (χ0) is 14.6. The summed E-state index contributed by atoms with van der Waals surface area (Å²) in [6, 6.07) is 8.65. The third-order valence-electron chi connectivity index (χ3n) is 3.90. The number of hydrogen-bond donors (Lipinski definition) is 1. The molecule has 0 amide bonds. The van der Waals surface area contributed by atoms with Crippen LogP contribution in [0.5, 0.6) is 0 Å². The lowest BCUT2D eigenvalue weighted by atomic mass is 9.85. The molecular formula is C16H27ClN2. The van der Waals surface area contributed by atoms with E-state index in [1.54, 1.807) is 0 Å². The molecule has 0 fully saturated rings. The predicted octanol–water partition coefficient (Wildman–Crippen LogP) is 4.10. The number of benzene rings is 1. The van der Waals surface area contributed by atoms with Crippen molar-refractivity contribution < 1.29 is 0 Å². The van der Waals surface area contributed by atoms with Crippen LogP contribution in [-0.2, 0) is 0 Å². The van der Waals surface area contributed by atoms with E-state index in [-0.39, 0.29) is 11.5 Å². The fourth-order valence-electron chi connectivity index (χ4n) is 1.99. The summed E-state index contributed by atoms with van der Waals surface area (Å²) in [4.78, 5) is 2.33. The summed E-state index contributed by atoms with van der Waals surface area (Å²) in [5, 5.41) is 0.796. The van der Waals surface area contributed by atoms with Gasteiger partial charge in [-0.15, -0.1) is 0 Å². The maximum Gasteiger partial charge on any atom is 0.0409 e. The molecule has 1 rings (SSSR count). The highest BCUT2D eigenvalue weighted by Gasteiger charge is 2.21. The van der Waals surface area contributed by atoms with Gasteiger partial charge in [0.25, 0.3) is 0 Å². The number of rotatable bonds is 5. The van der Waals surface area contributed by atoms with E-state index in [1.165, 1.54) is 5.56 Å². The minimum absolute atomic E-state index is 0.167. The molecule has 0 radical (unpaired) electrons. The van der Waals surface area contributed by atoms with Crippen LogP contribution in [0, 0.1) is 5.41 Å². The van der Waals surface area contributed by atoms with Gasteiger partial charge < -0.3 is 5.73 Å². The third kappa shape index (κ3) is 5.13. The van der Waals surface area contributed by atoms with Gasteiger partial charge in [0, 0.05) is 17.1 Å². The van der Waals surface area contributed by atoms with E-state index in [1.807, 2.05) is 18.2 Å². The lowest BCUT2D eigenvalue weighted by Gasteiger charge is -2.31. The first-order valence-electron chi connectivity index (χ1n) is 6.93. The first-order chi connectivity index (χ1) is 8.71. The maximum atomic E-state index is 6.21. The minimum atomic E-state index is 0.167. The molecule has 2 unspecified atom stereocenters. The number of halogens is 1. The van der Waals surface area contributed by atoms with Gasteiger partial charge in [-0.05, 0) is 50.0 Å². The molecule has 2 nitrogen and oxygen atoms in total. The fraction of sp³-hybridized carbons (Fsp3) is 0.625. The number of hydrogen-bond acceptors (Lipinski definition) is 2. The molecule has 3 heteroatoms. The van der Waals surface area contributed by atoms with Crippen LogP contribution < -0.4 is 5.73 Å². The Morgan fingerprint density at radius 1 is 1.32 bits per heavy atom. The summed E-state index contributed by atoms with van der Waals surface area (Å²) >= 11 is 6.04. The first-order valence-corrected chi connectivity index (χ1v) is 7.31. The van der Waals surface area contributed by atoms with E-state index in [0.717, 1.165) is 18.0 Å². The van der Waals surface area contributed by atoms with E-state index < -0.39 is 0 Å². The quantitative estimate of drug-likeness (QED) is 0.881. The molecule has 0 aliphatic carbocycles. The molecular weight excluding hydrogens is 256 g/mol. The van der Waals surface area contributed by atoms with E-state index in [2.05, 4.69) is 45.7 Å². The van der Waals surface area contributed by atoms with Crippen LogP contribution in [0.4, 0.5) is 0 Å². The second-order valence-corrected chi connectivity index (χ2v) is 6.91. The van der Waals surface area contributed by atoms with Gasteiger partial charge in [0.15, 0.2) is 0 Å². The molecule has 0 aromatic heterocycles. The van der Waals surface area contributed by atoms with Gasteiger partial charge in [0.1, 0.15) is 0 Å². The summed E-state index contributed by atoms with van der Waals surface area (Å²) in [7, 11) is 2.14. The third-order valence-corrected chi connectivity index (χ3v) is 4.13. The van der Waals surface area contributed by atoms with Gasteiger partial charge in [-0.2, -0.15) is 0 Å². The molecule has 0 aliphatic heterocycles. The number of nitrogens with two attached hydrogens (primary N) is 1. The van der Waals surface area contributed by atoms with Crippen LogP contribution in [0.3, 0.4) is 0 Å². The normalized spacial score (nSPS) is 15.6. The Bertz CT molecular complexity index is 398. The molecule has 2 atom stereocenters. The van der Waals surface area contributed by atoms with E-state index in [0.29, 0.717) is 6.04 Å². The Morgan fingerprint density at radius 3 is 2.47 bits per heavy atom. The molecule has 0 bridgehead atoms. The smallest absolute Gasteiger partial charge is 0.0409 e. The molecule has 0 saturated carbocycles. The van der Waals surface area contributed by atoms with Gasteiger partial charge in [0.05, 0.1) is 0 Å². The molecule has 0 aliphatic rings. The second-order valence-electron chi connectivity index (χ2n) is 6.47. The Hall–Kier alpha value is -0.570. The molecule has 1 aromatic rings. The second kappa shape index (κ2) is 6.74. The van der Waals surface area contributed by atoms with Crippen molar-refractivity contribution in [2.75, 3.05) is 13.6 Å². The van der Waals surface area contributed by atoms with Gasteiger partial charge in [0.2, 0.25) is 0 Å². The minimum Gasteiger partial charge on any atom is -0.327 e. The van der Waals surface area contributed by atoms with Crippen LogP contribution in [0.1, 0.15) is 45.7 Å². The van der Waals surface area contributed by atoms with Crippen LogP contribution in [0.15, 0.2) is 24.3 Å². The first kappa shape index (κ1) is 16.5. The van der Waals surface area contributed by atoms with E-state index >= 15 is 0 Å². The van der Waals surface area contributed by atoms with Crippen molar-refractivity contribution in [3.05, 3.63) is 34.9 Å². The van der Waals surface area contributed by atoms with Crippen molar-refractivity contribution in [3.63, 3.8) is 0 Å². The van der Waals surface area contributed by atoms with Crippen molar-refractivity contribution in [2.45, 2.75) is 46.2 Å². The van der Waals surface area contributed by atoms with Crippen LogP contribution in [0.2, 0.25) is 5.02 Å². The van der Waals surface area contributed by atoms with Crippen LogP contribution >= 0.6 is 11.6 Å². The lowest BCUT2D eigenvalue weighted by Crippen LogP contribution is -2.38. The summed E-state index contributed by atoms with van der Waals surface area (Å²) in [5.74, 6) is 0. The Balaban J connectivity index is 2.56. The van der Waals surface area contributed by atoms with Crippen molar-refractivity contribution in [3.8, 4) is 0 Å². The Morgan fingerprint density at radius 2 is 1.95 bits per heavy atom.